The summed E-state index contributed by atoms with van der Waals surface area (Å²) in [5.41, 5.74) is 0.814. The molecule has 0 spiro atoms. The van der Waals surface area contributed by atoms with Gasteiger partial charge in [0, 0.05) is 48.7 Å². The van der Waals surface area contributed by atoms with Crippen molar-refractivity contribution in [1.82, 2.24) is 30.0 Å². The lowest BCUT2D eigenvalue weighted by atomic mass is 9.96. The van der Waals surface area contributed by atoms with Gasteiger partial charge in [0.25, 0.3) is 5.95 Å². The summed E-state index contributed by atoms with van der Waals surface area (Å²) < 4.78 is 50.2. The van der Waals surface area contributed by atoms with Gasteiger partial charge < -0.3 is 33.7 Å². The average molecular weight is 793 g/mol. The summed E-state index contributed by atoms with van der Waals surface area (Å²) in [5, 5.41) is 18.7. The highest BCUT2D eigenvalue weighted by molar-refractivity contribution is 6.04. The van der Waals surface area contributed by atoms with E-state index in [-0.39, 0.29) is 78.4 Å². The molecule has 4 rings (SSSR count). The Morgan fingerprint density at radius 3 is 2.30 bits per heavy atom. The van der Waals surface area contributed by atoms with Crippen LogP contribution >= 0.6 is 0 Å². The molecule has 0 saturated heterocycles. The van der Waals surface area contributed by atoms with Crippen LogP contribution in [-0.2, 0) is 23.8 Å². The third-order valence-electron chi connectivity index (χ3n) is 8.20. The zero-order valence-electron chi connectivity index (χ0n) is 33.1. The molecule has 18 heteroatoms. The van der Waals surface area contributed by atoms with Crippen LogP contribution in [0.15, 0.2) is 54.9 Å². The summed E-state index contributed by atoms with van der Waals surface area (Å²) in [5.74, 6) is -2.90. The van der Waals surface area contributed by atoms with Gasteiger partial charge in [0.1, 0.15) is 24.8 Å². The Kier molecular flexibility index (Phi) is 15.6. The van der Waals surface area contributed by atoms with E-state index in [9.17, 15) is 14.4 Å². The van der Waals surface area contributed by atoms with Gasteiger partial charge in [0.15, 0.2) is 17.4 Å². The van der Waals surface area contributed by atoms with Gasteiger partial charge in [0.05, 0.1) is 25.6 Å². The fourth-order valence-electron chi connectivity index (χ4n) is 5.18. The van der Waals surface area contributed by atoms with Crippen LogP contribution in [0.4, 0.5) is 14.9 Å². The van der Waals surface area contributed by atoms with Crippen molar-refractivity contribution in [3.63, 3.8) is 0 Å². The maximum absolute atomic E-state index is 16.5. The summed E-state index contributed by atoms with van der Waals surface area (Å²) in [7, 11) is 1.42. The van der Waals surface area contributed by atoms with Gasteiger partial charge in [-0.2, -0.15) is 4.98 Å². The van der Waals surface area contributed by atoms with E-state index in [1.165, 1.54) is 43.2 Å². The molecule has 0 fully saturated rings. The number of halogens is 1. The zero-order chi connectivity index (χ0) is 41.5. The van der Waals surface area contributed by atoms with E-state index >= 15 is 4.39 Å². The molecule has 0 aliphatic heterocycles. The highest BCUT2D eigenvalue weighted by Gasteiger charge is 2.29. The topological polar surface area (TPSA) is 211 Å². The highest BCUT2D eigenvalue weighted by atomic mass is 19.1. The summed E-state index contributed by atoms with van der Waals surface area (Å²) >= 11 is 0. The number of anilines is 1. The first-order valence-electron chi connectivity index (χ1n) is 18.3. The quantitative estimate of drug-likeness (QED) is 0.0256. The van der Waals surface area contributed by atoms with Crippen LogP contribution in [0.1, 0.15) is 77.3 Å². The molecule has 0 bridgehead atoms. The SMILES string of the molecule is CCC(CC)C(=O)OCOc1nc(C(CNc2ccc(C(=N)NC(=O)OCC(C)(C)C)cc2)c2cc(OC)cc(OCCOC(C)=O)c2F)nn1-c1ncccn1. The van der Waals surface area contributed by atoms with Crippen molar-refractivity contribution in [2.75, 3.05) is 45.6 Å². The van der Waals surface area contributed by atoms with Crippen molar-refractivity contribution in [2.45, 2.75) is 60.3 Å². The minimum absolute atomic E-state index is 0.00604. The summed E-state index contributed by atoms with van der Waals surface area (Å²) in [6.07, 6.45) is 3.44. The number of benzene rings is 2. The molecular weight excluding hydrogens is 743 g/mol. The fourth-order valence-corrected chi connectivity index (χ4v) is 5.18. The molecule has 57 heavy (non-hydrogen) atoms. The predicted molar refractivity (Wildman–Crippen MR) is 205 cm³/mol. The number of amidine groups is 1. The number of carbonyl (C=O) groups is 3. The van der Waals surface area contributed by atoms with Gasteiger partial charge in [0.2, 0.25) is 6.79 Å². The Morgan fingerprint density at radius 2 is 1.67 bits per heavy atom. The van der Waals surface area contributed by atoms with Crippen LogP contribution in [0.2, 0.25) is 0 Å². The molecular formula is C39H49FN8O9. The van der Waals surface area contributed by atoms with Crippen LogP contribution in [-0.4, -0.2) is 88.9 Å². The number of hydrogen-bond donors (Lipinski definition) is 3. The van der Waals surface area contributed by atoms with Crippen molar-refractivity contribution >= 4 is 29.6 Å². The summed E-state index contributed by atoms with van der Waals surface area (Å²) in [4.78, 5) is 49.2. The molecule has 2 aromatic carbocycles. The first-order chi connectivity index (χ1) is 27.2. The van der Waals surface area contributed by atoms with Gasteiger partial charge >= 0.3 is 24.0 Å². The predicted octanol–water partition coefficient (Wildman–Crippen LogP) is 5.80. The van der Waals surface area contributed by atoms with Crippen LogP contribution in [0.5, 0.6) is 17.5 Å². The number of aromatic nitrogens is 5. The number of nitrogens with zero attached hydrogens (tertiary/aromatic N) is 5. The second-order valence-corrected chi connectivity index (χ2v) is 13.8. The van der Waals surface area contributed by atoms with Gasteiger partial charge in [-0.05, 0) is 54.7 Å². The van der Waals surface area contributed by atoms with Gasteiger partial charge in [-0.3, -0.25) is 20.3 Å². The van der Waals surface area contributed by atoms with Gasteiger partial charge in [-0.15, -0.1) is 9.78 Å². The van der Waals surface area contributed by atoms with Crippen molar-refractivity contribution in [1.29, 1.82) is 5.41 Å². The lowest BCUT2D eigenvalue weighted by Crippen LogP contribution is -2.33. The molecule has 0 aliphatic rings. The van der Waals surface area contributed by atoms with Crippen molar-refractivity contribution in [2.24, 2.45) is 11.3 Å². The minimum atomic E-state index is -0.965. The van der Waals surface area contributed by atoms with Crippen LogP contribution in [0.25, 0.3) is 5.95 Å². The minimum Gasteiger partial charge on any atom is -0.497 e. The van der Waals surface area contributed by atoms with E-state index in [1.807, 2.05) is 34.6 Å². The van der Waals surface area contributed by atoms with E-state index < -0.39 is 36.6 Å². The summed E-state index contributed by atoms with van der Waals surface area (Å²) in [6.45, 7) is 10.2. The average Bonchev–Trinajstić information content (AvgIpc) is 3.61. The first-order valence-corrected chi connectivity index (χ1v) is 18.3. The Labute approximate surface area is 330 Å². The number of rotatable bonds is 19. The van der Waals surface area contributed by atoms with Crippen LogP contribution in [0, 0.1) is 22.6 Å². The summed E-state index contributed by atoms with van der Waals surface area (Å²) in [6, 6.07) is 10.9. The Bertz CT molecular complexity index is 1970. The molecule has 1 amide bonds. The van der Waals surface area contributed by atoms with Crippen molar-refractivity contribution < 1.29 is 47.2 Å². The molecule has 306 valence electrons. The lowest BCUT2D eigenvalue weighted by molar-refractivity contribution is -0.155. The van der Waals surface area contributed by atoms with Crippen LogP contribution < -0.4 is 24.8 Å². The van der Waals surface area contributed by atoms with E-state index in [1.54, 1.807) is 30.3 Å². The molecule has 2 aromatic heterocycles. The van der Waals surface area contributed by atoms with Crippen molar-refractivity contribution in [3.05, 3.63) is 77.6 Å². The van der Waals surface area contributed by atoms with E-state index in [2.05, 4.69) is 30.7 Å². The number of amides is 1. The number of methoxy groups -OCH3 is 1. The number of carbonyl (C=O) groups excluding carboxylic acids is 3. The molecule has 4 aromatic rings. The standard InChI is InChI=1S/C39H49FN8O9/c1-8-25(9-2)35(50)56-23-57-37-46-34(47-48(37)36-42-15-10-16-43-36)30(29-19-28(52-7)20-31(32(29)40)54-18-17-53-24(3)49)21-44-27-13-11-26(12-14-27)33(41)45-38(51)55-22-39(4,5)6/h10-16,19-20,25,30,44H,8-9,17-18,21-23H2,1-7H3,(H2,41,45,51). The number of nitrogens with one attached hydrogen (secondary N) is 3. The van der Waals surface area contributed by atoms with E-state index in [0.29, 0.717) is 24.1 Å². The number of hydrogen-bond acceptors (Lipinski definition) is 15. The largest absolute Gasteiger partial charge is 0.497 e. The molecule has 0 radical (unpaired) electrons. The van der Waals surface area contributed by atoms with E-state index in [4.69, 9.17) is 33.8 Å². The molecule has 0 aliphatic carbocycles. The highest BCUT2D eigenvalue weighted by Crippen LogP contribution is 2.35. The third-order valence-corrected chi connectivity index (χ3v) is 8.20. The Balaban J connectivity index is 1.68. The molecule has 3 N–H and O–H groups in total. The second-order valence-electron chi connectivity index (χ2n) is 13.8. The van der Waals surface area contributed by atoms with Crippen LogP contribution in [0.3, 0.4) is 0 Å². The fraction of sp³-hybridized carbons (Fsp3) is 0.436. The van der Waals surface area contributed by atoms with Crippen molar-refractivity contribution in [3.8, 4) is 23.5 Å². The Hall–Kier alpha value is -6.33. The zero-order valence-corrected chi connectivity index (χ0v) is 33.1. The number of alkyl carbamates (subject to hydrolysis) is 1. The molecule has 17 nitrogen and oxygen atoms in total. The molecule has 1 atom stereocenters. The third kappa shape index (κ3) is 12.9. The van der Waals surface area contributed by atoms with E-state index in [0.717, 1.165) is 0 Å². The lowest BCUT2D eigenvalue weighted by Gasteiger charge is -2.20. The second kappa shape index (κ2) is 20.5. The smallest absolute Gasteiger partial charge is 0.412 e. The molecule has 2 heterocycles. The van der Waals surface area contributed by atoms with Gasteiger partial charge in [-0.1, -0.05) is 34.6 Å². The number of esters is 2. The molecule has 1 unspecified atom stereocenters. The van der Waals surface area contributed by atoms with Gasteiger partial charge in [-0.25, -0.2) is 19.2 Å². The maximum atomic E-state index is 16.5. The first kappa shape index (κ1) is 43.4. The Morgan fingerprint density at radius 1 is 0.965 bits per heavy atom. The number of ether oxygens (including phenoxy) is 6. The monoisotopic (exact) mass is 792 g/mol. The maximum Gasteiger partial charge on any atom is 0.412 e. The normalized spacial score (nSPS) is 11.7. The molecule has 0 saturated carbocycles.